The highest BCUT2D eigenvalue weighted by atomic mass is 15.2. The van der Waals surface area contributed by atoms with Gasteiger partial charge in [-0.2, -0.15) is 0 Å². The molecule has 0 unspecified atom stereocenters. The molecule has 0 radical (unpaired) electrons. The third-order valence-corrected chi connectivity index (χ3v) is 4.51. The van der Waals surface area contributed by atoms with Gasteiger partial charge in [0.25, 0.3) is 0 Å². The Labute approximate surface area is 154 Å². The van der Waals surface area contributed by atoms with Crippen LogP contribution in [0.1, 0.15) is 13.8 Å². The van der Waals surface area contributed by atoms with Crippen LogP contribution in [0.3, 0.4) is 0 Å². The van der Waals surface area contributed by atoms with Crippen molar-refractivity contribution in [3.63, 3.8) is 0 Å². The van der Waals surface area contributed by atoms with Crippen molar-refractivity contribution in [3.8, 4) is 0 Å². The van der Waals surface area contributed by atoms with Crippen LogP contribution in [0.4, 0.5) is 11.5 Å². The van der Waals surface area contributed by atoms with Gasteiger partial charge in [0.2, 0.25) is 0 Å². The zero-order chi connectivity index (χ0) is 18.0. The molecule has 0 N–H and O–H groups in total. The number of allylic oxidation sites excluding steroid dienone is 5. The molecular weight excluding hydrogens is 318 g/mol. The van der Waals surface area contributed by atoms with Crippen LogP contribution in [0.25, 0.3) is 10.8 Å². The van der Waals surface area contributed by atoms with Crippen molar-refractivity contribution >= 4 is 22.3 Å². The Balaban J connectivity index is 1.93. The lowest BCUT2D eigenvalue weighted by atomic mass is 9.93. The van der Waals surface area contributed by atoms with Gasteiger partial charge in [-0.3, -0.25) is 9.88 Å². The number of fused-ring (bicyclic) bond motifs is 1. The molecule has 2 heterocycles. The molecule has 0 atom stereocenters. The highest BCUT2D eigenvalue weighted by molar-refractivity contribution is 5.96. The van der Waals surface area contributed by atoms with Crippen LogP contribution in [-0.4, -0.2) is 9.97 Å². The largest absolute Gasteiger partial charge is 0.294 e. The Morgan fingerprint density at radius 2 is 1.85 bits per heavy atom. The molecule has 0 aliphatic heterocycles. The molecule has 3 aromatic rings. The molecule has 0 amide bonds. The fraction of sp³-hybridized carbons (Fsp3) is 0.130. The van der Waals surface area contributed by atoms with Crippen molar-refractivity contribution in [1.29, 1.82) is 0 Å². The molecule has 128 valence electrons. The van der Waals surface area contributed by atoms with Crippen LogP contribution in [0.15, 0.2) is 97.1 Å². The Morgan fingerprint density at radius 1 is 0.923 bits per heavy atom. The van der Waals surface area contributed by atoms with E-state index in [1.165, 1.54) is 0 Å². The average molecular weight is 339 g/mol. The summed E-state index contributed by atoms with van der Waals surface area (Å²) >= 11 is 0. The van der Waals surface area contributed by atoms with Crippen molar-refractivity contribution in [2.75, 3.05) is 4.90 Å². The first-order chi connectivity index (χ1) is 12.6. The van der Waals surface area contributed by atoms with Crippen LogP contribution < -0.4 is 4.90 Å². The van der Waals surface area contributed by atoms with E-state index in [1.807, 2.05) is 36.8 Å². The number of nitrogens with zero attached hydrogens (tertiary/aromatic N) is 3. The molecule has 1 aromatic carbocycles. The molecule has 0 saturated carbocycles. The van der Waals surface area contributed by atoms with Gasteiger partial charge >= 0.3 is 0 Å². The maximum atomic E-state index is 4.62. The van der Waals surface area contributed by atoms with Gasteiger partial charge in [0, 0.05) is 40.5 Å². The maximum Gasteiger partial charge on any atom is 0.137 e. The highest BCUT2D eigenvalue weighted by Gasteiger charge is 2.19. The first-order valence-corrected chi connectivity index (χ1v) is 8.77. The minimum Gasteiger partial charge on any atom is -0.294 e. The van der Waals surface area contributed by atoms with Gasteiger partial charge < -0.3 is 0 Å². The summed E-state index contributed by atoms with van der Waals surface area (Å²) in [5, 5.41) is 2.26. The van der Waals surface area contributed by atoms with Gasteiger partial charge in [0.1, 0.15) is 5.82 Å². The molecule has 2 aromatic heterocycles. The van der Waals surface area contributed by atoms with E-state index < -0.39 is 0 Å². The van der Waals surface area contributed by atoms with Gasteiger partial charge in [0.05, 0.1) is 5.69 Å². The minimum absolute atomic E-state index is 0.0245. The Kier molecular flexibility index (Phi) is 4.13. The molecule has 0 fully saturated rings. The van der Waals surface area contributed by atoms with Gasteiger partial charge in [-0.15, -0.1) is 0 Å². The lowest BCUT2D eigenvalue weighted by Gasteiger charge is -2.26. The number of hydrogen-bond donors (Lipinski definition) is 0. The van der Waals surface area contributed by atoms with Crippen LogP contribution in [0, 0.1) is 5.41 Å². The van der Waals surface area contributed by atoms with Crippen LogP contribution in [0.5, 0.6) is 0 Å². The summed E-state index contributed by atoms with van der Waals surface area (Å²) in [5.74, 6) is 0.890. The van der Waals surface area contributed by atoms with Crippen molar-refractivity contribution in [3.05, 3.63) is 97.1 Å². The quantitative estimate of drug-likeness (QED) is 0.603. The fourth-order valence-electron chi connectivity index (χ4n) is 3.14. The second-order valence-electron chi connectivity index (χ2n) is 7.00. The summed E-state index contributed by atoms with van der Waals surface area (Å²) in [6.07, 6.45) is 16.4. The van der Waals surface area contributed by atoms with Crippen LogP contribution >= 0.6 is 0 Å². The summed E-state index contributed by atoms with van der Waals surface area (Å²) in [6, 6.07) is 14.3. The predicted octanol–water partition coefficient (Wildman–Crippen LogP) is 5.80. The SMILES string of the molecule is CC1(C)C=CC=C(N(c2ccccn2)c2cccc3cnccc23)C=C1. The Hall–Kier alpha value is -3.20. The minimum atomic E-state index is 0.0245. The maximum absolute atomic E-state index is 4.62. The summed E-state index contributed by atoms with van der Waals surface area (Å²) < 4.78 is 0. The fourth-order valence-corrected chi connectivity index (χ4v) is 3.14. The molecule has 26 heavy (non-hydrogen) atoms. The summed E-state index contributed by atoms with van der Waals surface area (Å²) in [7, 11) is 0. The van der Waals surface area contributed by atoms with Crippen LogP contribution in [-0.2, 0) is 0 Å². The molecule has 3 nitrogen and oxygen atoms in total. The zero-order valence-electron chi connectivity index (χ0n) is 15.0. The van der Waals surface area contributed by atoms with Gasteiger partial charge in [-0.1, -0.05) is 50.3 Å². The Bertz CT molecular complexity index is 1010. The average Bonchev–Trinajstić information content (AvgIpc) is 2.84. The topological polar surface area (TPSA) is 29.0 Å². The van der Waals surface area contributed by atoms with E-state index in [0.29, 0.717) is 0 Å². The smallest absolute Gasteiger partial charge is 0.137 e. The summed E-state index contributed by atoms with van der Waals surface area (Å²) in [6.45, 7) is 4.40. The summed E-state index contributed by atoms with van der Waals surface area (Å²) in [4.78, 5) is 11.1. The normalized spacial score (nSPS) is 15.5. The van der Waals surface area contributed by atoms with Crippen molar-refractivity contribution in [2.45, 2.75) is 13.8 Å². The molecule has 1 aliphatic carbocycles. The number of rotatable bonds is 3. The molecule has 3 heteroatoms. The lowest BCUT2D eigenvalue weighted by Crippen LogP contribution is -2.17. The van der Waals surface area contributed by atoms with E-state index in [2.05, 4.69) is 83.4 Å². The molecular formula is C23H21N3. The van der Waals surface area contributed by atoms with E-state index in [4.69, 9.17) is 0 Å². The van der Waals surface area contributed by atoms with Crippen molar-refractivity contribution in [2.24, 2.45) is 5.41 Å². The second-order valence-corrected chi connectivity index (χ2v) is 7.00. The highest BCUT2D eigenvalue weighted by Crippen LogP contribution is 2.36. The molecule has 0 spiro atoms. The van der Waals surface area contributed by atoms with E-state index in [1.54, 1.807) is 0 Å². The number of aromatic nitrogens is 2. The second kappa shape index (κ2) is 6.60. The number of benzene rings is 1. The number of anilines is 2. The number of pyridine rings is 2. The van der Waals surface area contributed by atoms with Crippen molar-refractivity contribution in [1.82, 2.24) is 9.97 Å². The van der Waals surface area contributed by atoms with E-state index >= 15 is 0 Å². The monoisotopic (exact) mass is 339 g/mol. The molecule has 1 aliphatic rings. The standard InChI is InChI=1S/C23H21N3/c1-23(2)13-6-8-19(11-14-23)26(22-10-3-4-15-25-22)21-9-5-7-18-17-24-16-12-20(18)21/h3-17H,1-2H3. The third-order valence-electron chi connectivity index (χ3n) is 4.51. The van der Waals surface area contributed by atoms with E-state index in [-0.39, 0.29) is 5.41 Å². The van der Waals surface area contributed by atoms with Gasteiger partial charge in [-0.05, 0) is 36.4 Å². The van der Waals surface area contributed by atoms with E-state index in [9.17, 15) is 0 Å². The van der Waals surface area contributed by atoms with Crippen LogP contribution in [0.2, 0.25) is 0 Å². The van der Waals surface area contributed by atoms with Gasteiger partial charge in [0.15, 0.2) is 0 Å². The first kappa shape index (κ1) is 16.3. The predicted molar refractivity (Wildman–Crippen MR) is 108 cm³/mol. The number of hydrogen-bond acceptors (Lipinski definition) is 3. The van der Waals surface area contributed by atoms with Crippen molar-refractivity contribution < 1.29 is 0 Å². The molecule has 0 saturated heterocycles. The lowest BCUT2D eigenvalue weighted by molar-refractivity contribution is 0.627. The third kappa shape index (κ3) is 3.16. The molecule has 0 bridgehead atoms. The van der Waals surface area contributed by atoms with Gasteiger partial charge in [-0.25, -0.2) is 4.98 Å². The summed E-state index contributed by atoms with van der Waals surface area (Å²) in [5.41, 5.74) is 2.19. The first-order valence-electron chi connectivity index (χ1n) is 8.77. The Morgan fingerprint density at radius 3 is 2.69 bits per heavy atom. The zero-order valence-corrected chi connectivity index (χ0v) is 15.0. The molecule has 4 rings (SSSR count). The van der Waals surface area contributed by atoms with E-state index in [0.717, 1.165) is 28.0 Å².